The van der Waals surface area contributed by atoms with Crippen LogP contribution in [0.2, 0.25) is 0 Å². The normalized spacial score (nSPS) is 14.6. The molecule has 172 valence electrons. The molecule has 1 aliphatic rings. The Kier molecular flexibility index (Phi) is 9.21. The fourth-order valence-corrected chi connectivity index (χ4v) is 4.41. The molecule has 0 radical (unpaired) electrons. The van der Waals surface area contributed by atoms with E-state index >= 15 is 0 Å². The molecule has 1 heterocycles. The predicted octanol–water partition coefficient (Wildman–Crippen LogP) is 5.26. The van der Waals surface area contributed by atoms with Gasteiger partial charge >= 0.3 is 5.97 Å². The maximum Gasteiger partial charge on any atom is 0.338 e. The summed E-state index contributed by atoms with van der Waals surface area (Å²) in [6, 6.07) is 16.2. The molecule has 3 rings (SSSR count). The second kappa shape index (κ2) is 12.3. The molecule has 1 saturated heterocycles. The van der Waals surface area contributed by atoms with Crippen molar-refractivity contribution in [2.45, 2.75) is 32.6 Å². The van der Waals surface area contributed by atoms with Gasteiger partial charge in [0.25, 0.3) is 5.91 Å². The quantitative estimate of drug-likeness (QED) is 0.215. The number of nitrogens with zero attached hydrogens (tertiary/aromatic N) is 1. The van der Waals surface area contributed by atoms with Crippen LogP contribution in [0.15, 0.2) is 59.5 Å². The van der Waals surface area contributed by atoms with Crippen molar-refractivity contribution in [2.24, 2.45) is 0 Å². The van der Waals surface area contributed by atoms with Gasteiger partial charge in [-0.3, -0.25) is 14.5 Å². The van der Waals surface area contributed by atoms with Gasteiger partial charge in [0.2, 0.25) is 5.91 Å². The van der Waals surface area contributed by atoms with Crippen LogP contribution in [0.3, 0.4) is 0 Å². The van der Waals surface area contributed by atoms with Crippen LogP contribution in [0.25, 0.3) is 6.08 Å². The molecule has 33 heavy (non-hydrogen) atoms. The fourth-order valence-electron chi connectivity index (χ4n) is 3.10. The van der Waals surface area contributed by atoms with Crippen LogP contribution in [-0.4, -0.2) is 40.2 Å². The van der Waals surface area contributed by atoms with Crippen molar-refractivity contribution in [3.8, 4) is 0 Å². The summed E-state index contributed by atoms with van der Waals surface area (Å²) in [5.74, 6) is -0.666. The second-order valence-corrected chi connectivity index (χ2v) is 9.14. The molecule has 6 nitrogen and oxygen atoms in total. The number of amides is 2. The summed E-state index contributed by atoms with van der Waals surface area (Å²) < 4.78 is 5.68. The lowest BCUT2D eigenvalue weighted by atomic mass is 10.2. The molecule has 0 bridgehead atoms. The van der Waals surface area contributed by atoms with Gasteiger partial charge in [-0.15, -0.1) is 0 Å². The second-order valence-electron chi connectivity index (χ2n) is 7.46. The number of thioether (sulfide) groups is 1. The standard InChI is InChI=1S/C25H26N2O4S2/c1-2-3-16-31-24(30)19-11-13-20(14-12-19)26-22(28)10-7-15-27-23(29)21(33-25(27)32)17-18-8-5-4-6-9-18/h4-6,8-9,11-14,17H,2-3,7,10,15-16H2,1H3,(H,26,28). The molecule has 1 N–H and O–H groups in total. The number of hydrogen-bond donors (Lipinski definition) is 1. The number of nitrogens with one attached hydrogen (secondary N) is 1. The van der Waals surface area contributed by atoms with E-state index in [1.165, 1.54) is 11.8 Å². The maximum absolute atomic E-state index is 12.7. The third kappa shape index (κ3) is 7.27. The molecule has 2 aromatic rings. The van der Waals surface area contributed by atoms with Crippen molar-refractivity contribution in [3.05, 3.63) is 70.6 Å². The van der Waals surface area contributed by atoms with Crippen LogP contribution in [0.5, 0.6) is 0 Å². The van der Waals surface area contributed by atoms with Crippen LogP contribution < -0.4 is 5.32 Å². The Bertz CT molecular complexity index is 1040. The molecule has 8 heteroatoms. The monoisotopic (exact) mass is 482 g/mol. The summed E-state index contributed by atoms with van der Waals surface area (Å²) in [6.07, 6.45) is 4.35. The molecule has 0 aromatic heterocycles. The molecule has 0 saturated carbocycles. The first kappa shape index (κ1) is 24.7. The zero-order valence-electron chi connectivity index (χ0n) is 18.4. The van der Waals surface area contributed by atoms with E-state index < -0.39 is 0 Å². The lowest BCUT2D eigenvalue weighted by molar-refractivity contribution is -0.122. The highest BCUT2D eigenvalue weighted by Crippen LogP contribution is 2.32. The van der Waals surface area contributed by atoms with Crippen LogP contribution in [0, 0.1) is 0 Å². The Morgan fingerprint density at radius 2 is 1.82 bits per heavy atom. The van der Waals surface area contributed by atoms with Gasteiger partial charge in [0.15, 0.2) is 0 Å². The minimum Gasteiger partial charge on any atom is -0.462 e. The number of esters is 1. The highest BCUT2D eigenvalue weighted by Gasteiger charge is 2.31. The smallest absolute Gasteiger partial charge is 0.338 e. The van der Waals surface area contributed by atoms with Crippen LogP contribution in [-0.2, 0) is 14.3 Å². The minimum absolute atomic E-state index is 0.129. The number of rotatable bonds is 10. The zero-order valence-corrected chi connectivity index (χ0v) is 20.0. The van der Waals surface area contributed by atoms with Crippen molar-refractivity contribution in [3.63, 3.8) is 0 Å². The van der Waals surface area contributed by atoms with E-state index in [4.69, 9.17) is 17.0 Å². The Morgan fingerprint density at radius 3 is 2.52 bits per heavy atom. The number of ether oxygens (including phenoxy) is 1. The number of hydrogen-bond acceptors (Lipinski definition) is 6. The van der Waals surface area contributed by atoms with Gasteiger partial charge in [0, 0.05) is 18.7 Å². The molecule has 2 amide bonds. The van der Waals surface area contributed by atoms with Crippen LogP contribution >= 0.6 is 24.0 Å². The lowest BCUT2D eigenvalue weighted by Crippen LogP contribution is -2.29. The molecular formula is C25H26N2O4S2. The van der Waals surface area contributed by atoms with Crippen LogP contribution in [0.4, 0.5) is 5.69 Å². The van der Waals surface area contributed by atoms with Gasteiger partial charge in [-0.1, -0.05) is 67.7 Å². The number of anilines is 1. The number of carbonyl (C=O) groups is 3. The Hall–Kier alpha value is -2.97. The average Bonchev–Trinajstić information content (AvgIpc) is 3.07. The van der Waals surface area contributed by atoms with Gasteiger partial charge in [0.05, 0.1) is 17.1 Å². The van der Waals surface area contributed by atoms with Gasteiger partial charge in [0.1, 0.15) is 4.32 Å². The van der Waals surface area contributed by atoms with Gasteiger partial charge in [-0.2, -0.15) is 0 Å². The topological polar surface area (TPSA) is 75.7 Å². The first-order chi connectivity index (χ1) is 16.0. The summed E-state index contributed by atoms with van der Waals surface area (Å²) in [5.41, 5.74) is 1.99. The lowest BCUT2D eigenvalue weighted by Gasteiger charge is -2.14. The van der Waals surface area contributed by atoms with E-state index in [1.54, 1.807) is 29.2 Å². The molecule has 0 atom stereocenters. The van der Waals surface area contributed by atoms with Crippen molar-refractivity contribution < 1.29 is 19.1 Å². The highest BCUT2D eigenvalue weighted by molar-refractivity contribution is 8.26. The molecule has 0 spiro atoms. The summed E-state index contributed by atoms with van der Waals surface area (Å²) in [7, 11) is 0. The van der Waals surface area contributed by atoms with E-state index in [0.29, 0.717) is 40.0 Å². The summed E-state index contributed by atoms with van der Waals surface area (Å²) >= 11 is 6.63. The van der Waals surface area contributed by atoms with Crippen LogP contribution in [0.1, 0.15) is 48.5 Å². The van der Waals surface area contributed by atoms with Crippen molar-refractivity contribution in [2.75, 3.05) is 18.5 Å². The molecule has 0 unspecified atom stereocenters. The molecule has 0 aliphatic carbocycles. The summed E-state index contributed by atoms with van der Waals surface area (Å²) in [5, 5.41) is 2.81. The van der Waals surface area contributed by atoms with E-state index in [9.17, 15) is 14.4 Å². The highest BCUT2D eigenvalue weighted by atomic mass is 32.2. The number of thiocarbonyl (C=S) groups is 1. The third-order valence-electron chi connectivity index (χ3n) is 4.89. The predicted molar refractivity (Wildman–Crippen MR) is 136 cm³/mol. The van der Waals surface area contributed by atoms with E-state index in [1.807, 2.05) is 43.3 Å². The van der Waals surface area contributed by atoms with E-state index in [-0.39, 0.29) is 24.2 Å². The number of benzene rings is 2. The Morgan fingerprint density at radius 1 is 1.09 bits per heavy atom. The molecular weight excluding hydrogens is 456 g/mol. The molecule has 2 aromatic carbocycles. The minimum atomic E-state index is -0.369. The van der Waals surface area contributed by atoms with Crippen molar-refractivity contribution in [1.29, 1.82) is 0 Å². The van der Waals surface area contributed by atoms with Gasteiger partial charge in [-0.05, 0) is 48.7 Å². The number of carbonyl (C=O) groups excluding carboxylic acids is 3. The van der Waals surface area contributed by atoms with Crippen molar-refractivity contribution in [1.82, 2.24) is 4.90 Å². The molecule has 1 fully saturated rings. The van der Waals surface area contributed by atoms with Crippen molar-refractivity contribution >= 4 is 57.8 Å². The van der Waals surface area contributed by atoms with E-state index in [2.05, 4.69) is 5.32 Å². The Balaban J connectivity index is 1.45. The fraction of sp³-hybridized carbons (Fsp3) is 0.280. The molecule has 1 aliphatic heterocycles. The summed E-state index contributed by atoms with van der Waals surface area (Å²) in [4.78, 5) is 39.0. The zero-order chi connectivity index (χ0) is 23.6. The average molecular weight is 483 g/mol. The number of unbranched alkanes of at least 4 members (excludes halogenated alkanes) is 1. The summed E-state index contributed by atoms with van der Waals surface area (Å²) in [6.45, 7) is 2.81. The maximum atomic E-state index is 12.7. The van der Waals surface area contributed by atoms with Gasteiger partial charge < -0.3 is 10.1 Å². The first-order valence-electron chi connectivity index (χ1n) is 10.9. The third-order valence-corrected chi connectivity index (χ3v) is 6.27. The Labute approximate surface area is 203 Å². The van der Waals surface area contributed by atoms with Gasteiger partial charge in [-0.25, -0.2) is 4.79 Å². The van der Waals surface area contributed by atoms with E-state index in [0.717, 1.165) is 18.4 Å². The largest absolute Gasteiger partial charge is 0.462 e. The first-order valence-corrected chi connectivity index (χ1v) is 12.1. The SMILES string of the molecule is CCCCOC(=O)c1ccc(NC(=O)CCCN2C(=O)C(=Cc3ccccc3)SC2=S)cc1.